The number of benzene rings is 2. The van der Waals surface area contributed by atoms with E-state index in [1.807, 2.05) is 24.3 Å². The molecular weight excluding hydrogens is 365 g/mol. The van der Waals surface area contributed by atoms with Crippen molar-refractivity contribution < 1.29 is 14.7 Å². The second-order valence-corrected chi connectivity index (χ2v) is 7.86. The van der Waals surface area contributed by atoms with Gasteiger partial charge in [0.1, 0.15) is 17.3 Å². The number of rotatable bonds is 6. The van der Waals surface area contributed by atoms with Gasteiger partial charge in [-0.25, -0.2) is 4.39 Å². The molecule has 0 atom stereocenters. The van der Waals surface area contributed by atoms with Gasteiger partial charge >= 0.3 is 0 Å². The highest BCUT2D eigenvalue weighted by molar-refractivity contribution is 6.10. The number of aliphatic hydroxyl groups excluding tert-OH is 1. The lowest BCUT2D eigenvalue weighted by Crippen LogP contribution is -2.09. The van der Waals surface area contributed by atoms with Gasteiger partial charge in [0.15, 0.2) is 0 Å². The van der Waals surface area contributed by atoms with Crippen LogP contribution in [0.3, 0.4) is 0 Å². The predicted octanol–water partition coefficient (Wildman–Crippen LogP) is 7.09. The average molecular weight is 394 g/mol. The Bertz CT molecular complexity index is 979. The van der Waals surface area contributed by atoms with Gasteiger partial charge in [0.2, 0.25) is 0 Å². The summed E-state index contributed by atoms with van der Waals surface area (Å²) in [6, 6.07) is 12.1. The fourth-order valence-electron chi connectivity index (χ4n) is 3.11. The van der Waals surface area contributed by atoms with E-state index in [1.165, 1.54) is 23.8 Å². The summed E-state index contributed by atoms with van der Waals surface area (Å²) in [6.07, 6.45) is 6.22. The number of aliphatic hydroxyl groups is 1. The Hall–Kier alpha value is -3.14. The summed E-state index contributed by atoms with van der Waals surface area (Å²) in [5.41, 5.74) is 3.94. The lowest BCUT2D eigenvalue weighted by atomic mass is 9.81. The quantitative estimate of drug-likeness (QED) is 0.238. The van der Waals surface area contributed by atoms with Crippen LogP contribution in [0.25, 0.3) is 17.4 Å². The van der Waals surface area contributed by atoms with Gasteiger partial charge in [-0.05, 0) is 47.3 Å². The lowest BCUT2D eigenvalue weighted by molar-refractivity contribution is 0.320. The Kier molecular flexibility index (Phi) is 7.16. The number of hydrogen-bond acceptors (Lipinski definition) is 3. The molecule has 0 saturated carbocycles. The first-order valence-corrected chi connectivity index (χ1v) is 9.56. The molecule has 0 aliphatic rings. The minimum absolute atomic E-state index is 0.0252. The molecule has 0 aliphatic carbocycles. The Balaban J connectivity index is 2.37. The maximum absolute atomic E-state index is 14.2. The first kappa shape index (κ1) is 22.2. The highest BCUT2D eigenvalue weighted by atomic mass is 19.1. The van der Waals surface area contributed by atoms with E-state index < -0.39 is 5.82 Å². The third kappa shape index (κ3) is 5.67. The fourth-order valence-corrected chi connectivity index (χ4v) is 3.11. The molecule has 0 saturated heterocycles. The Morgan fingerprint density at radius 1 is 1.10 bits per heavy atom. The van der Waals surface area contributed by atoms with Crippen molar-refractivity contribution in [3.05, 3.63) is 89.3 Å². The zero-order valence-electron chi connectivity index (χ0n) is 17.4. The summed E-state index contributed by atoms with van der Waals surface area (Å²) in [6.45, 7) is 12.0. The average Bonchev–Trinajstić information content (AvgIpc) is 2.66. The van der Waals surface area contributed by atoms with Crippen LogP contribution in [0, 0.1) is 11.2 Å². The summed E-state index contributed by atoms with van der Waals surface area (Å²) >= 11 is 0. The third-order valence-electron chi connectivity index (χ3n) is 4.55. The van der Waals surface area contributed by atoms with Gasteiger partial charge < -0.3 is 10.3 Å². The molecule has 29 heavy (non-hydrogen) atoms. The largest absolute Gasteiger partial charge is 0.508 e. The van der Waals surface area contributed by atoms with Crippen molar-refractivity contribution in [2.24, 2.45) is 10.6 Å². The fraction of sp³-hybridized carbons (Fsp3) is 0.240. The zero-order chi connectivity index (χ0) is 21.6. The van der Waals surface area contributed by atoms with Gasteiger partial charge in [-0.15, -0.1) is 0 Å². The van der Waals surface area contributed by atoms with Crippen LogP contribution >= 0.6 is 0 Å². The Labute approximate surface area is 172 Å². The van der Waals surface area contributed by atoms with Crippen molar-refractivity contribution >= 4 is 23.1 Å². The van der Waals surface area contributed by atoms with Crippen molar-refractivity contribution in [1.82, 2.24) is 0 Å². The molecular formula is C25H28FNO2. The number of oxime groups is 1. The van der Waals surface area contributed by atoms with E-state index in [-0.39, 0.29) is 11.2 Å². The number of nitrogens with zero attached hydrogens (tertiary/aromatic N) is 1. The molecule has 0 heterocycles. The molecule has 4 heteroatoms. The summed E-state index contributed by atoms with van der Waals surface area (Å²) in [4.78, 5) is 0. The van der Waals surface area contributed by atoms with Crippen LogP contribution in [0.2, 0.25) is 0 Å². The van der Waals surface area contributed by atoms with Gasteiger partial charge in [0, 0.05) is 16.7 Å². The minimum atomic E-state index is -0.499. The molecule has 0 fully saturated rings. The smallest absolute Gasteiger partial charge is 0.131 e. The second-order valence-electron chi connectivity index (χ2n) is 7.86. The van der Waals surface area contributed by atoms with Gasteiger partial charge in [-0.1, -0.05) is 75.8 Å². The molecule has 0 spiro atoms. The molecule has 3 nitrogen and oxygen atoms in total. The van der Waals surface area contributed by atoms with Crippen LogP contribution < -0.4 is 0 Å². The SMILES string of the molecule is C=C(O)c1ccc(/C=C/C(=N/O)c2cccc(C(=CCC)C(C)(C)C)c2)c(F)c1. The molecule has 0 amide bonds. The van der Waals surface area contributed by atoms with Crippen molar-refractivity contribution in [1.29, 1.82) is 0 Å². The minimum Gasteiger partial charge on any atom is -0.508 e. The summed E-state index contributed by atoms with van der Waals surface area (Å²) in [5.74, 6) is -0.690. The highest BCUT2D eigenvalue weighted by Crippen LogP contribution is 2.34. The van der Waals surface area contributed by atoms with Crippen LogP contribution in [0.5, 0.6) is 0 Å². The Morgan fingerprint density at radius 2 is 1.79 bits per heavy atom. The molecule has 0 unspecified atom stereocenters. The van der Waals surface area contributed by atoms with Gasteiger partial charge in [0.05, 0.1) is 0 Å². The topological polar surface area (TPSA) is 52.8 Å². The van der Waals surface area contributed by atoms with E-state index >= 15 is 0 Å². The standard InChI is InChI=1S/C25H28FNO2/c1-6-8-22(25(3,4)5)20-9-7-10-21(15-20)24(27-29)14-13-18-11-12-19(17(2)28)16-23(18)26/h7-16,28-29H,2,6H2,1,3-5H3/b14-13+,22-8?,27-24-. The maximum atomic E-state index is 14.2. The summed E-state index contributed by atoms with van der Waals surface area (Å²) in [7, 11) is 0. The molecule has 2 N–H and O–H groups in total. The first-order chi connectivity index (χ1) is 13.7. The summed E-state index contributed by atoms with van der Waals surface area (Å²) in [5, 5.41) is 22.3. The molecule has 2 rings (SSSR count). The zero-order valence-corrected chi connectivity index (χ0v) is 17.4. The molecule has 0 aromatic heterocycles. The van der Waals surface area contributed by atoms with Gasteiger partial charge in [0.25, 0.3) is 0 Å². The third-order valence-corrected chi connectivity index (χ3v) is 4.55. The van der Waals surface area contributed by atoms with Gasteiger partial charge in [-0.2, -0.15) is 0 Å². The molecule has 0 radical (unpaired) electrons. The van der Waals surface area contributed by atoms with Crippen LogP contribution in [-0.4, -0.2) is 16.0 Å². The van der Waals surface area contributed by atoms with E-state index in [0.29, 0.717) is 16.8 Å². The van der Waals surface area contributed by atoms with Crippen molar-refractivity contribution in [2.75, 3.05) is 0 Å². The van der Waals surface area contributed by atoms with E-state index in [9.17, 15) is 14.7 Å². The van der Waals surface area contributed by atoms with Crippen molar-refractivity contribution in [3.8, 4) is 0 Å². The predicted molar refractivity (Wildman–Crippen MR) is 120 cm³/mol. The number of allylic oxidation sites excluding steroid dienone is 3. The van der Waals surface area contributed by atoms with Crippen LogP contribution in [0.1, 0.15) is 56.4 Å². The van der Waals surface area contributed by atoms with E-state index in [2.05, 4.69) is 45.5 Å². The van der Waals surface area contributed by atoms with Crippen molar-refractivity contribution in [2.45, 2.75) is 34.1 Å². The second kappa shape index (κ2) is 9.37. The first-order valence-electron chi connectivity index (χ1n) is 9.56. The highest BCUT2D eigenvalue weighted by Gasteiger charge is 2.19. The monoisotopic (exact) mass is 393 g/mol. The maximum Gasteiger partial charge on any atom is 0.131 e. The van der Waals surface area contributed by atoms with Crippen LogP contribution in [-0.2, 0) is 0 Å². The molecule has 2 aromatic rings. The lowest BCUT2D eigenvalue weighted by Gasteiger charge is -2.24. The normalized spacial score (nSPS) is 13.1. The van der Waals surface area contributed by atoms with E-state index in [1.54, 1.807) is 12.1 Å². The Morgan fingerprint density at radius 3 is 2.34 bits per heavy atom. The van der Waals surface area contributed by atoms with E-state index in [4.69, 9.17) is 0 Å². The number of hydrogen-bond donors (Lipinski definition) is 2. The molecule has 0 aliphatic heterocycles. The number of halogens is 1. The van der Waals surface area contributed by atoms with E-state index in [0.717, 1.165) is 17.5 Å². The molecule has 2 aromatic carbocycles. The van der Waals surface area contributed by atoms with Gasteiger partial charge in [-0.3, -0.25) is 0 Å². The summed E-state index contributed by atoms with van der Waals surface area (Å²) < 4.78 is 14.2. The van der Waals surface area contributed by atoms with Crippen LogP contribution in [0.15, 0.2) is 66.4 Å². The molecule has 152 valence electrons. The van der Waals surface area contributed by atoms with Crippen molar-refractivity contribution in [3.63, 3.8) is 0 Å². The molecule has 0 bridgehead atoms. The van der Waals surface area contributed by atoms with Crippen LogP contribution in [0.4, 0.5) is 4.39 Å².